The molecule has 0 radical (unpaired) electrons. The van der Waals surface area contributed by atoms with E-state index in [-0.39, 0.29) is 0 Å². The molecule has 0 aliphatic heterocycles. The molecule has 0 bridgehead atoms. The van der Waals surface area contributed by atoms with E-state index in [0.29, 0.717) is 0 Å². The zero-order valence-corrected chi connectivity index (χ0v) is 11.6. The lowest BCUT2D eigenvalue weighted by molar-refractivity contribution is 1.61. The van der Waals surface area contributed by atoms with Crippen LogP contribution in [-0.4, -0.2) is 6.26 Å². The first-order chi connectivity index (χ1) is 6.22. The highest BCUT2D eigenvalue weighted by Crippen LogP contribution is 2.37. The number of hydrogen-bond acceptors (Lipinski definition) is 2. The molecule has 0 aliphatic carbocycles. The van der Waals surface area contributed by atoms with Gasteiger partial charge in [0.2, 0.25) is 0 Å². The van der Waals surface area contributed by atoms with Gasteiger partial charge in [0.1, 0.15) is 0 Å². The Hall–Kier alpha value is 0.490. The molecule has 68 valence electrons. The fraction of sp³-hybridized carbons (Fsp3) is 0.111. The Morgan fingerprint density at radius 3 is 2.62 bits per heavy atom. The zero-order valence-electron chi connectivity index (χ0n) is 6.80. The number of halogens is 2. The Labute approximate surface area is 102 Å². The maximum atomic E-state index is 3.51. The zero-order chi connectivity index (χ0) is 9.42. The highest BCUT2D eigenvalue weighted by molar-refractivity contribution is 9.13. The van der Waals surface area contributed by atoms with Crippen molar-refractivity contribution in [1.82, 2.24) is 0 Å². The summed E-state index contributed by atoms with van der Waals surface area (Å²) in [6.07, 6.45) is 2.11. The molecular weight excluding hydrogens is 332 g/mol. The molecule has 13 heavy (non-hydrogen) atoms. The van der Waals surface area contributed by atoms with Crippen molar-refractivity contribution in [1.29, 1.82) is 0 Å². The van der Waals surface area contributed by atoms with Gasteiger partial charge in [-0.2, -0.15) is 0 Å². The molecule has 1 aromatic heterocycles. The number of benzene rings is 1. The summed E-state index contributed by atoms with van der Waals surface area (Å²) in [6.45, 7) is 0. The van der Waals surface area contributed by atoms with E-state index in [9.17, 15) is 0 Å². The molecule has 0 aliphatic rings. The molecule has 0 saturated carbocycles. The minimum atomic E-state index is 1.12. The molecule has 1 heterocycles. The second-order valence-corrected chi connectivity index (χ2v) is 6.03. The normalized spacial score (nSPS) is 11.0. The van der Waals surface area contributed by atoms with Crippen molar-refractivity contribution >= 4 is 65.0 Å². The van der Waals surface area contributed by atoms with E-state index in [0.717, 1.165) is 8.95 Å². The number of rotatable bonds is 1. The second kappa shape index (κ2) is 3.93. The van der Waals surface area contributed by atoms with Crippen LogP contribution in [0.4, 0.5) is 0 Å². The SMILES string of the molecule is CSc1csc2cc(Br)c(Br)cc12. The molecule has 0 spiro atoms. The summed E-state index contributed by atoms with van der Waals surface area (Å²) in [4.78, 5) is 1.35. The lowest BCUT2D eigenvalue weighted by atomic mass is 10.3. The predicted octanol–water partition coefficient (Wildman–Crippen LogP) is 5.15. The molecule has 2 aromatic rings. The Morgan fingerprint density at radius 2 is 1.92 bits per heavy atom. The van der Waals surface area contributed by atoms with Crippen LogP contribution in [0.1, 0.15) is 0 Å². The maximum Gasteiger partial charge on any atom is 0.0366 e. The van der Waals surface area contributed by atoms with Crippen molar-refractivity contribution in [2.75, 3.05) is 6.26 Å². The number of hydrogen-bond donors (Lipinski definition) is 0. The number of fused-ring (bicyclic) bond motifs is 1. The lowest BCUT2D eigenvalue weighted by Crippen LogP contribution is -1.70. The van der Waals surface area contributed by atoms with Crippen LogP contribution < -0.4 is 0 Å². The van der Waals surface area contributed by atoms with Crippen LogP contribution in [0.15, 0.2) is 31.4 Å². The minimum absolute atomic E-state index is 1.12. The van der Waals surface area contributed by atoms with E-state index in [4.69, 9.17) is 0 Å². The van der Waals surface area contributed by atoms with Crippen molar-refractivity contribution < 1.29 is 0 Å². The smallest absolute Gasteiger partial charge is 0.0366 e. The number of thioether (sulfide) groups is 1. The summed E-state index contributed by atoms with van der Waals surface area (Å²) in [5.74, 6) is 0. The summed E-state index contributed by atoms with van der Waals surface area (Å²) < 4.78 is 3.57. The largest absolute Gasteiger partial charge is 0.143 e. The topological polar surface area (TPSA) is 0 Å². The molecule has 1 aromatic carbocycles. The van der Waals surface area contributed by atoms with E-state index in [1.807, 2.05) is 0 Å². The van der Waals surface area contributed by atoms with Crippen LogP contribution in [0.25, 0.3) is 10.1 Å². The molecule has 0 nitrogen and oxygen atoms in total. The highest BCUT2D eigenvalue weighted by atomic mass is 79.9. The summed E-state index contributed by atoms with van der Waals surface area (Å²) in [5.41, 5.74) is 0. The quantitative estimate of drug-likeness (QED) is 0.648. The van der Waals surface area contributed by atoms with E-state index >= 15 is 0 Å². The number of thiophene rings is 1. The van der Waals surface area contributed by atoms with Gasteiger partial charge in [-0.05, 0) is 50.2 Å². The molecular formula is C9H6Br2S2. The minimum Gasteiger partial charge on any atom is -0.143 e. The summed E-state index contributed by atoms with van der Waals surface area (Å²) in [6, 6.07) is 4.32. The molecule has 2 rings (SSSR count). The van der Waals surface area contributed by atoms with E-state index in [1.165, 1.54) is 15.0 Å². The Kier molecular flexibility index (Phi) is 3.03. The van der Waals surface area contributed by atoms with Crippen LogP contribution in [-0.2, 0) is 0 Å². The highest BCUT2D eigenvalue weighted by Gasteiger charge is 2.05. The Morgan fingerprint density at radius 1 is 1.23 bits per heavy atom. The molecule has 4 heteroatoms. The first-order valence-electron chi connectivity index (χ1n) is 3.62. The van der Waals surface area contributed by atoms with Gasteiger partial charge < -0.3 is 0 Å². The third kappa shape index (κ3) is 1.82. The standard InChI is InChI=1S/C9H6Br2S2/c1-12-9-4-13-8-3-7(11)6(10)2-5(8)9/h2-4H,1H3. The molecule has 0 atom stereocenters. The van der Waals surface area contributed by atoms with Crippen molar-refractivity contribution in [2.24, 2.45) is 0 Å². The lowest BCUT2D eigenvalue weighted by Gasteiger charge is -1.97. The second-order valence-electron chi connectivity index (χ2n) is 2.57. The fourth-order valence-corrected chi connectivity index (χ4v) is 3.82. The Balaban J connectivity index is 2.77. The van der Waals surface area contributed by atoms with Gasteiger partial charge in [0.05, 0.1) is 0 Å². The van der Waals surface area contributed by atoms with Gasteiger partial charge in [0, 0.05) is 29.3 Å². The average molecular weight is 338 g/mol. The maximum absolute atomic E-state index is 3.51. The molecule has 0 saturated heterocycles. The van der Waals surface area contributed by atoms with Crippen molar-refractivity contribution in [2.45, 2.75) is 4.90 Å². The predicted molar refractivity (Wildman–Crippen MR) is 69.0 cm³/mol. The first-order valence-corrected chi connectivity index (χ1v) is 7.31. The van der Waals surface area contributed by atoms with E-state index in [1.54, 1.807) is 23.1 Å². The Bertz CT molecular complexity index is 448. The average Bonchev–Trinajstić information content (AvgIpc) is 2.48. The molecule has 0 amide bonds. The van der Waals surface area contributed by atoms with Crippen LogP contribution in [0.5, 0.6) is 0 Å². The van der Waals surface area contributed by atoms with Gasteiger partial charge in [0.15, 0.2) is 0 Å². The van der Waals surface area contributed by atoms with Crippen molar-refractivity contribution in [3.8, 4) is 0 Å². The van der Waals surface area contributed by atoms with Crippen LogP contribution in [0, 0.1) is 0 Å². The van der Waals surface area contributed by atoms with Gasteiger partial charge in [-0.1, -0.05) is 0 Å². The van der Waals surface area contributed by atoms with Gasteiger partial charge in [-0.3, -0.25) is 0 Å². The monoisotopic (exact) mass is 336 g/mol. The summed E-state index contributed by atoms with van der Waals surface area (Å²) >= 11 is 10.6. The van der Waals surface area contributed by atoms with E-state index < -0.39 is 0 Å². The summed E-state index contributed by atoms with van der Waals surface area (Å²) in [7, 11) is 0. The van der Waals surface area contributed by atoms with Gasteiger partial charge >= 0.3 is 0 Å². The van der Waals surface area contributed by atoms with Crippen LogP contribution in [0.3, 0.4) is 0 Å². The van der Waals surface area contributed by atoms with Crippen LogP contribution >= 0.6 is 55.0 Å². The summed E-state index contributed by atoms with van der Waals surface area (Å²) in [5, 5.41) is 3.54. The molecule has 0 fully saturated rings. The van der Waals surface area contributed by atoms with Gasteiger partial charge in [-0.15, -0.1) is 23.1 Å². The fourth-order valence-electron chi connectivity index (χ4n) is 1.16. The third-order valence-electron chi connectivity index (χ3n) is 1.80. The molecule has 0 N–H and O–H groups in total. The van der Waals surface area contributed by atoms with Gasteiger partial charge in [-0.25, -0.2) is 0 Å². The molecule has 0 unspecified atom stereocenters. The third-order valence-corrected chi connectivity index (χ3v) is 5.52. The van der Waals surface area contributed by atoms with E-state index in [2.05, 4.69) is 55.6 Å². The van der Waals surface area contributed by atoms with Crippen LogP contribution in [0.2, 0.25) is 0 Å². The van der Waals surface area contributed by atoms with Crippen molar-refractivity contribution in [3.05, 3.63) is 26.5 Å². The van der Waals surface area contributed by atoms with Gasteiger partial charge in [0.25, 0.3) is 0 Å². The van der Waals surface area contributed by atoms with Crippen molar-refractivity contribution in [3.63, 3.8) is 0 Å². The first kappa shape index (κ1) is 10.0.